The highest BCUT2D eigenvalue weighted by Crippen LogP contribution is 2.36. The first-order valence-electron chi connectivity index (χ1n) is 7.56. The van der Waals surface area contributed by atoms with Crippen LogP contribution in [0.15, 0.2) is 24.3 Å². The molecule has 0 bridgehead atoms. The molecule has 0 saturated heterocycles. The lowest BCUT2D eigenvalue weighted by molar-refractivity contribution is -0.140. The summed E-state index contributed by atoms with van der Waals surface area (Å²) in [5.74, 6) is -2.80. The molecule has 6 nitrogen and oxygen atoms in total. The molecule has 0 fully saturated rings. The smallest absolute Gasteiger partial charge is 0.313 e. The summed E-state index contributed by atoms with van der Waals surface area (Å²) < 4.78 is 0. The SMILES string of the molecule is CC(C)CN1C(=O)c2ccccc2C(C(=O)O)C1C(C=N)C=N. The van der Waals surface area contributed by atoms with E-state index in [1.165, 1.54) is 4.90 Å². The molecule has 1 aromatic carbocycles. The van der Waals surface area contributed by atoms with Crippen molar-refractivity contribution in [2.45, 2.75) is 25.8 Å². The molecule has 2 atom stereocenters. The lowest BCUT2D eigenvalue weighted by atomic mass is 9.77. The number of aliphatic carboxylic acids is 1. The van der Waals surface area contributed by atoms with Crippen LogP contribution in [0.25, 0.3) is 0 Å². The van der Waals surface area contributed by atoms with Gasteiger partial charge in [0, 0.05) is 30.5 Å². The highest BCUT2D eigenvalue weighted by Gasteiger charge is 2.46. The third-order valence-electron chi connectivity index (χ3n) is 4.10. The summed E-state index contributed by atoms with van der Waals surface area (Å²) >= 11 is 0. The van der Waals surface area contributed by atoms with Crippen LogP contribution in [-0.4, -0.2) is 46.9 Å². The van der Waals surface area contributed by atoms with Gasteiger partial charge in [-0.2, -0.15) is 0 Å². The normalized spacial score (nSPS) is 21.7. The van der Waals surface area contributed by atoms with Crippen molar-refractivity contribution in [2.24, 2.45) is 11.8 Å². The Hall–Kier alpha value is -2.50. The fourth-order valence-electron chi connectivity index (χ4n) is 3.17. The number of hydrogen-bond donors (Lipinski definition) is 3. The van der Waals surface area contributed by atoms with E-state index in [1.54, 1.807) is 24.3 Å². The van der Waals surface area contributed by atoms with Crippen molar-refractivity contribution < 1.29 is 14.7 Å². The summed E-state index contributed by atoms with van der Waals surface area (Å²) in [5, 5.41) is 24.8. The summed E-state index contributed by atoms with van der Waals surface area (Å²) in [5.41, 5.74) is 0.856. The van der Waals surface area contributed by atoms with E-state index in [9.17, 15) is 14.7 Å². The topological polar surface area (TPSA) is 105 Å². The van der Waals surface area contributed by atoms with Crippen LogP contribution in [0, 0.1) is 22.7 Å². The van der Waals surface area contributed by atoms with Gasteiger partial charge in [0.25, 0.3) is 5.91 Å². The van der Waals surface area contributed by atoms with Gasteiger partial charge in [0.15, 0.2) is 0 Å². The van der Waals surface area contributed by atoms with Gasteiger partial charge >= 0.3 is 5.97 Å². The second-order valence-corrected chi connectivity index (χ2v) is 6.16. The Balaban J connectivity index is 2.65. The molecular weight excluding hydrogens is 294 g/mol. The molecule has 0 aliphatic carbocycles. The Labute approximate surface area is 135 Å². The molecule has 23 heavy (non-hydrogen) atoms. The van der Waals surface area contributed by atoms with Crippen molar-refractivity contribution in [2.75, 3.05) is 6.54 Å². The maximum Gasteiger partial charge on any atom is 0.313 e. The number of hydrogen-bond acceptors (Lipinski definition) is 4. The summed E-state index contributed by atoms with van der Waals surface area (Å²) in [6, 6.07) is 5.96. The fourth-order valence-corrected chi connectivity index (χ4v) is 3.17. The third-order valence-corrected chi connectivity index (χ3v) is 4.10. The van der Waals surface area contributed by atoms with Gasteiger partial charge < -0.3 is 20.8 Å². The van der Waals surface area contributed by atoms with Crippen LogP contribution in [0.4, 0.5) is 0 Å². The van der Waals surface area contributed by atoms with Crippen LogP contribution in [0.2, 0.25) is 0 Å². The minimum atomic E-state index is -1.04. The van der Waals surface area contributed by atoms with E-state index in [4.69, 9.17) is 10.8 Å². The van der Waals surface area contributed by atoms with Gasteiger partial charge in [-0.1, -0.05) is 32.0 Å². The number of carbonyl (C=O) groups is 2. The van der Waals surface area contributed by atoms with E-state index in [1.807, 2.05) is 13.8 Å². The zero-order chi connectivity index (χ0) is 17.1. The molecule has 2 unspecified atom stereocenters. The van der Waals surface area contributed by atoms with Crippen molar-refractivity contribution in [3.05, 3.63) is 35.4 Å². The summed E-state index contributed by atoms with van der Waals surface area (Å²) in [7, 11) is 0. The first-order valence-corrected chi connectivity index (χ1v) is 7.56. The van der Waals surface area contributed by atoms with E-state index >= 15 is 0 Å². The van der Waals surface area contributed by atoms with Crippen molar-refractivity contribution in [3.63, 3.8) is 0 Å². The fraction of sp³-hybridized carbons (Fsp3) is 0.412. The quantitative estimate of drug-likeness (QED) is 0.701. The first kappa shape index (κ1) is 16.9. The zero-order valence-corrected chi connectivity index (χ0v) is 13.2. The van der Waals surface area contributed by atoms with E-state index < -0.39 is 23.8 Å². The molecule has 6 heteroatoms. The number of amides is 1. The monoisotopic (exact) mass is 315 g/mol. The molecule has 0 radical (unpaired) electrons. The lowest BCUT2D eigenvalue weighted by Crippen LogP contribution is -2.55. The van der Waals surface area contributed by atoms with Crippen LogP contribution >= 0.6 is 0 Å². The third kappa shape index (κ3) is 3.02. The Morgan fingerprint density at radius 2 is 1.91 bits per heavy atom. The number of nitrogens with zero attached hydrogens (tertiary/aromatic N) is 1. The Kier molecular flexibility index (Phi) is 4.93. The number of carboxylic acids is 1. The largest absolute Gasteiger partial charge is 0.481 e. The Morgan fingerprint density at radius 1 is 1.30 bits per heavy atom. The van der Waals surface area contributed by atoms with Gasteiger partial charge in [0.2, 0.25) is 0 Å². The predicted molar refractivity (Wildman–Crippen MR) is 87.5 cm³/mol. The molecule has 1 aromatic rings. The van der Waals surface area contributed by atoms with Gasteiger partial charge in [-0.05, 0) is 17.5 Å². The number of carbonyl (C=O) groups excluding carboxylic acids is 1. The minimum absolute atomic E-state index is 0.151. The minimum Gasteiger partial charge on any atom is -0.481 e. The number of carboxylic acid groups (broad SMARTS) is 1. The molecule has 1 aliphatic rings. The predicted octanol–water partition coefficient (Wildman–Crippen LogP) is 2.25. The van der Waals surface area contributed by atoms with Gasteiger partial charge in [0.1, 0.15) is 5.92 Å². The molecule has 1 heterocycles. The number of rotatable bonds is 6. The van der Waals surface area contributed by atoms with E-state index in [0.29, 0.717) is 17.7 Å². The van der Waals surface area contributed by atoms with Gasteiger partial charge in [0.05, 0.1) is 6.04 Å². The second-order valence-electron chi connectivity index (χ2n) is 6.16. The molecule has 1 amide bonds. The van der Waals surface area contributed by atoms with Crippen LogP contribution in [0.3, 0.4) is 0 Å². The zero-order valence-electron chi connectivity index (χ0n) is 13.2. The van der Waals surface area contributed by atoms with Crippen LogP contribution in [-0.2, 0) is 4.79 Å². The van der Waals surface area contributed by atoms with E-state index in [-0.39, 0.29) is 11.8 Å². The van der Waals surface area contributed by atoms with Gasteiger partial charge in [-0.25, -0.2) is 0 Å². The molecule has 0 aromatic heterocycles. The van der Waals surface area contributed by atoms with E-state index in [0.717, 1.165) is 12.4 Å². The molecular formula is C17H21N3O3. The Bertz CT molecular complexity index is 634. The van der Waals surface area contributed by atoms with Crippen LogP contribution < -0.4 is 0 Å². The van der Waals surface area contributed by atoms with Gasteiger partial charge in [-0.3, -0.25) is 9.59 Å². The number of benzene rings is 1. The van der Waals surface area contributed by atoms with Crippen molar-refractivity contribution in [1.82, 2.24) is 4.90 Å². The lowest BCUT2D eigenvalue weighted by Gasteiger charge is -2.43. The van der Waals surface area contributed by atoms with Crippen molar-refractivity contribution in [3.8, 4) is 0 Å². The van der Waals surface area contributed by atoms with Crippen molar-refractivity contribution >= 4 is 24.3 Å². The maximum absolute atomic E-state index is 12.8. The molecule has 3 N–H and O–H groups in total. The first-order chi connectivity index (χ1) is 10.9. The standard InChI is InChI=1S/C17H21N3O3/c1-10(2)9-20-15(11(7-18)8-19)14(17(22)23)12-5-3-4-6-13(12)16(20)21/h3-8,10-11,14-15,18-19H,9H2,1-2H3,(H,22,23). The van der Waals surface area contributed by atoms with Crippen molar-refractivity contribution in [1.29, 1.82) is 10.8 Å². The summed E-state index contributed by atoms with van der Waals surface area (Å²) in [6.45, 7) is 4.29. The molecule has 1 aliphatic heterocycles. The van der Waals surface area contributed by atoms with E-state index in [2.05, 4.69) is 0 Å². The maximum atomic E-state index is 12.8. The molecule has 0 saturated carbocycles. The average molecular weight is 315 g/mol. The summed E-state index contributed by atoms with van der Waals surface area (Å²) in [6.07, 6.45) is 2.09. The van der Waals surface area contributed by atoms with Gasteiger partial charge in [-0.15, -0.1) is 0 Å². The molecule has 122 valence electrons. The summed E-state index contributed by atoms with van der Waals surface area (Å²) in [4.78, 5) is 26.3. The molecule has 2 rings (SSSR count). The molecule has 0 spiro atoms. The second kappa shape index (κ2) is 6.73. The highest BCUT2D eigenvalue weighted by molar-refractivity contribution is 6.01. The number of nitrogens with one attached hydrogen (secondary N) is 2. The Morgan fingerprint density at radius 3 is 2.43 bits per heavy atom. The van der Waals surface area contributed by atoms with Crippen LogP contribution in [0.1, 0.15) is 35.7 Å². The highest BCUT2D eigenvalue weighted by atomic mass is 16.4. The average Bonchev–Trinajstić information content (AvgIpc) is 2.51. The van der Waals surface area contributed by atoms with Crippen LogP contribution in [0.5, 0.6) is 0 Å². The number of fused-ring (bicyclic) bond motifs is 1.